The van der Waals surface area contributed by atoms with Crippen LogP contribution in [0.5, 0.6) is 5.75 Å². The van der Waals surface area contributed by atoms with Crippen molar-refractivity contribution in [2.45, 2.75) is 45.6 Å². The molecule has 4 nitrogen and oxygen atoms in total. The van der Waals surface area contributed by atoms with Gasteiger partial charge in [-0.3, -0.25) is 9.69 Å². The van der Waals surface area contributed by atoms with Gasteiger partial charge in [-0.2, -0.15) is 0 Å². The first kappa shape index (κ1) is 24.9. The van der Waals surface area contributed by atoms with Crippen molar-refractivity contribution in [1.82, 2.24) is 4.90 Å². The number of rotatable bonds is 11. The van der Waals surface area contributed by atoms with E-state index in [4.69, 9.17) is 9.84 Å². The maximum atomic E-state index is 13.9. The van der Waals surface area contributed by atoms with Crippen LogP contribution in [0, 0.1) is 25.6 Å². The number of likely N-dealkylation sites (tertiary alicyclic amines) is 1. The Morgan fingerprint density at radius 1 is 1.00 bits per heavy atom. The summed E-state index contributed by atoms with van der Waals surface area (Å²) in [5.41, 5.74) is 5.92. The van der Waals surface area contributed by atoms with E-state index in [1.807, 2.05) is 30.3 Å². The summed E-state index contributed by atoms with van der Waals surface area (Å²) in [5, 5.41) is 8.99. The van der Waals surface area contributed by atoms with Gasteiger partial charge in [-0.25, -0.2) is 4.39 Å². The van der Waals surface area contributed by atoms with Gasteiger partial charge in [0.05, 0.1) is 12.5 Å². The lowest BCUT2D eigenvalue weighted by Gasteiger charge is -2.36. The Morgan fingerprint density at radius 2 is 1.74 bits per heavy atom. The third-order valence-corrected chi connectivity index (χ3v) is 6.98. The molecule has 3 aromatic carbocycles. The summed E-state index contributed by atoms with van der Waals surface area (Å²) in [7, 11) is 0. The molecule has 35 heavy (non-hydrogen) atoms. The number of aliphatic carboxylic acids is 1. The Morgan fingerprint density at radius 3 is 2.43 bits per heavy atom. The average molecular weight is 476 g/mol. The lowest BCUT2D eigenvalue weighted by atomic mass is 9.86. The highest BCUT2D eigenvalue weighted by atomic mass is 19.1. The summed E-state index contributed by atoms with van der Waals surface area (Å²) < 4.78 is 19.9. The molecule has 0 spiro atoms. The first-order valence-corrected chi connectivity index (χ1v) is 12.4. The summed E-state index contributed by atoms with van der Waals surface area (Å²) in [4.78, 5) is 13.1. The van der Waals surface area contributed by atoms with Crippen molar-refractivity contribution < 1.29 is 19.0 Å². The van der Waals surface area contributed by atoms with E-state index in [0.29, 0.717) is 19.7 Å². The number of hydrogen-bond acceptors (Lipinski definition) is 3. The van der Waals surface area contributed by atoms with E-state index in [0.717, 1.165) is 42.7 Å². The molecule has 1 fully saturated rings. The van der Waals surface area contributed by atoms with Crippen molar-refractivity contribution in [1.29, 1.82) is 0 Å². The normalized spacial score (nSPS) is 14.9. The first-order chi connectivity index (χ1) is 16.9. The van der Waals surface area contributed by atoms with Gasteiger partial charge in [0.1, 0.15) is 11.6 Å². The zero-order valence-corrected chi connectivity index (χ0v) is 20.5. The Balaban J connectivity index is 1.26. The molecule has 3 aromatic rings. The summed E-state index contributed by atoms with van der Waals surface area (Å²) in [6.45, 7) is 6.87. The van der Waals surface area contributed by atoms with E-state index >= 15 is 0 Å². The number of halogens is 1. The first-order valence-electron chi connectivity index (χ1n) is 12.4. The van der Waals surface area contributed by atoms with Crippen molar-refractivity contribution in [2.24, 2.45) is 5.92 Å². The Bertz CT molecular complexity index is 1140. The van der Waals surface area contributed by atoms with E-state index < -0.39 is 5.97 Å². The van der Waals surface area contributed by atoms with E-state index in [1.54, 1.807) is 12.1 Å². The van der Waals surface area contributed by atoms with Crippen LogP contribution in [-0.2, 0) is 11.3 Å². The molecule has 0 amide bonds. The SMILES string of the molecule is Cc1ccc(C(CCCCOc2ccc(CN3CC(C(=O)O)C3)cc2)c2cccc(F)c2)cc1C. The highest BCUT2D eigenvalue weighted by molar-refractivity contribution is 5.71. The molecule has 0 radical (unpaired) electrons. The Kier molecular flexibility index (Phi) is 8.19. The van der Waals surface area contributed by atoms with Gasteiger partial charge in [0.15, 0.2) is 0 Å². The van der Waals surface area contributed by atoms with Gasteiger partial charge in [0.25, 0.3) is 0 Å². The lowest BCUT2D eigenvalue weighted by Crippen LogP contribution is -2.49. The van der Waals surface area contributed by atoms with Crippen LogP contribution in [0.15, 0.2) is 66.7 Å². The molecule has 4 rings (SSSR count). The van der Waals surface area contributed by atoms with Gasteiger partial charge < -0.3 is 9.84 Å². The fourth-order valence-corrected chi connectivity index (χ4v) is 4.68. The molecule has 5 heteroatoms. The maximum absolute atomic E-state index is 13.9. The third-order valence-electron chi connectivity index (χ3n) is 6.98. The standard InChI is InChI=1S/C30H34FNO3/c1-21-9-12-25(16-22(21)2)29(24-6-5-7-27(31)17-24)8-3-4-15-35-28-13-10-23(11-14-28)18-32-19-26(20-32)30(33)34/h5-7,9-14,16-17,26,29H,3-4,8,15,18-20H2,1-2H3,(H,33,34). The monoisotopic (exact) mass is 475 g/mol. The van der Waals surface area contributed by atoms with Crippen molar-refractivity contribution in [3.63, 3.8) is 0 Å². The highest BCUT2D eigenvalue weighted by Crippen LogP contribution is 2.31. The third kappa shape index (κ3) is 6.70. The average Bonchev–Trinajstić information content (AvgIpc) is 2.81. The summed E-state index contributed by atoms with van der Waals surface area (Å²) >= 11 is 0. The minimum atomic E-state index is -0.707. The predicted molar refractivity (Wildman–Crippen MR) is 136 cm³/mol. The van der Waals surface area contributed by atoms with E-state index in [9.17, 15) is 9.18 Å². The number of unbranched alkanes of at least 4 members (excludes halogenated alkanes) is 1. The van der Waals surface area contributed by atoms with Crippen molar-refractivity contribution in [3.05, 3.63) is 100 Å². The van der Waals surface area contributed by atoms with Crippen LogP contribution in [0.4, 0.5) is 4.39 Å². The van der Waals surface area contributed by atoms with Crippen molar-refractivity contribution in [3.8, 4) is 5.75 Å². The fraction of sp³-hybridized carbons (Fsp3) is 0.367. The summed E-state index contributed by atoms with van der Waals surface area (Å²) in [6.07, 6.45) is 2.83. The van der Waals surface area contributed by atoms with E-state index in [2.05, 4.69) is 36.9 Å². The molecule has 1 saturated heterocycles. The molecule has 0 bridgehead atoms. The number of ether oxygens (including phenoxy) is 1. The van der Waals surface area contributed by atoms with Crippen LogP contribution in [-0.4, -0.2) is 35.7 Å². The largest absolute Gasteiger partial charge is 0.494 e. The molecular formula is C30H34FNO3. The molecule has 184 valence electrons. The molecule has 0 aliphatic carbocycles. The second-order valence-electron chi connectivity index (χ2n) is 9.67. The molecule has 1 aliphatic rings. The van der Waals surface area contributed by atoms with Gasteiger partial charge in [0, 0.05) is 25.6 Å². The second-order valence-corrected chi connectivity index (χ2v) is 9.67. The number of nitrogens with zero attached hydrogens (tertiary/aromatic N) is 1. The van der Waals surface area contributed by atoms with Crippen LogP contribution in [0.1, 0.15) is 53.0 Å². The molecule has 1 aliphatic heterocycles. The number of carboxylic acids is 1. The molecule has 0 aromatic heterocycles. The van der Waals surface area contributed by atoms with Crippen LogP contribution in [0.3, 0.4) is 0 Å². The number of aryl methyl sites for hydroxylation is 2. The van der Waals surface area contributed by atoms with Gasteiger partial charge in [0.2, 0.25) is 0 Å². The Labute approximate surface area is 207 Å². The van der Waals surface area contributed by atoms with Crippen LogP contribution >= 0.6 is 0 Å². The van der Waals surface area contributed by atoms with E-state index in [1.165, 1.54) is 22.8 Å². The highest BCUT2D eigenvalue weighted by Gasteiger charge is 2.32. The van der Waals surface area contributed by atoms with Crippen molar-refractivity contribution >= 4 is 5.97 Å². The van der Waals surface area contributed by atoms with Gasteiger partial charge >= 0.3 is 5.97 Å². The fourth-order valence-electron chi connectivity index (χ4n) is 4.68. The second kappa shape index (κ2) is 11.5. The number of hydrogen-bond donors (Lipinski definition) is 1. The van der Waals surface area contributed by atoms with Gasteiger partial charge in [-0.05, 0) is 85.2 Å². The molecule has 1 N–H and O–H groups in total. The molecule has 1 heterocycles. The number of benzene rings is 3. The van der Waals surface area contributed by atoms with E-state index in [-0.39, 0.29) is 17.7 Å². The Hall–Kier alpha value is -3.18. The van der Waals surface area contributed by atoms with Crippen LogP contribution in [0.2, 0.25) is 0 Å². The van der Waals surface area contributed by atoms with Gasteiger partial charge in [-0.15, -0.1) is 0 Å². The summed E-state index contributed by atoms with van der Waals surface area (Å²) in [6, 6.07) is 21.5. The zero-order chi connectivity index (χ0) is 24.8. The van der Waals surface area contributed by atoms with Crippen LogP contribution in [0.25, 0.3) is 0 Å². The van der Waals surface area contributed by atoms with Crippen LogP contribution < -0.4 is 4.74 Å². The predicted octanol–water partition coefficient (Wildman–Crippen LogP) is 6.34. The number of carboxylic acid groups (broad SMARTS) is 1. The number of carbonyl (C=O) groups is 1. The lowest BCUT2D eigenvalue weighted by molar-refractivity contribution is -0.147. The molecule has 1 atom stereocenters. The maximum Gasteiger partial charge on any atom is 0.309 e. The molecular weight excluding hydrogens is 441 g/mol. The molecule has 0 saturated carbocycles. The minimum absolute atomic E-state index is 0.159. The molecule has 1 unspecified atom stereocenters. The smallest absolute Gasteiger partial charge is 0.309 e. The quantitative estimate of drug-likeness (QED) is 0.329. The topological polar surface area (TPSA) is 49.8 Å². The zero-order valence-electron chi connectivity index (χ0n) is 20.5. The van der Waals surface area contributed by atoms with Gasteiger partial charge in [-0.1, -0.05) is 42.5 Å². The minimum Gasteiger partial charge on any atom is -0.494 e. The van der Waals surface area contributed by atoms with Crippen molar-refractivity contribution in [2.75, 3.05) is 19.7 Å². The summed E-state index contributed by atoms with van der Waals surface area (Å²) in [5.74, 6) is -0.128.